The first kappa shape index (κ1) is 14.6. The van der Waals surface area contributed by atoms with Crippen LogP contribution in [0.25, 0.3) is 11.0 Å². The number of aromatic amines is 1. The summed E-state index contributed by atoms with van der Waals surface area (Å²) in [5, 5.41) is 20.9. The number of nitriles is 1. The van der Waals surface area contributed by atoms with E-state index in [9.17, 15) is 9.90 Å². The first-order valence-corrected chi connectivity index (χ1v) is 7.07. The predicted molar refractivity (Wildman–Crippen MR) is 84.5 cm³/mol. The van der Waals surface area contributed by atoms with Crippen LogP contribution in [0.3, 0.4) is 0 Å². The van der Waals surface area contributed by atoms with E-state index in [1.54, 1.807) is 42.5 Å². The molecule has 0 fully saturated rings. The fourth-order valence-electron chi connectivity index (χ4n) is 2.24. The molecule has 0 saturated heterocycles. The maximum absolute atomic E-state index is 12.0. The summed E-state index contributed by atoms with van der Waals surface area (Å²) in [5.41, 5.74) is 2.92. The van der Waals surface area contributed by atoms with Gasteiger partial charge in [0.25, 0.3) is 0 Å². The van der Waals surface area contributed by atoms with Crippen molar-refractivity contribution in [3.63, 3.8) is 0 Å². The zero-order valence-corrected chi connectivity index (χ0v) is 12.2. The normalized spacial score (nSPS) is 10.4. The number of H-pyrrole nitrogens is 1. The Hall–Kier alpha value is -3.33. The second kappa shape index (κ2) is 6.20. The van der Waals surface area contributed by atoms with E-state index in [-0.39, 0.29) is 18.1 Å². The molecule has 0 unspecified atom stereocenters. The third kappa shape index (κ3) is 3.47. The summed E-state index contributed by atoms with van der Waals surface area (Å²) >= 11 is 0. The Morgan fingerprint density at radius 3 is 2.78 bits per heavy atom. The topological polar surface area (TPSA) is 102 Å². The van der Waals surface area contributed by atoms with Gasteiger partial charge in [0, 0.05) is 6.54 Å². The highest BCUT2D eigenvalue weighted by molar-refractivity contribution is 5.81. The number of nitrogens with one attached hydrogen (secondary N) is 2. The van der Waals surface area contributed by atoms with Crippen molar-refractivity contribution in [2.45, 2.75) is 13.0 Å². The second-order valence-corrected chi connectivity index (χ2v) is 5.15. The molecule has 0 radical (unpaired) electrons. The van der Waals surface area contributed by atoms with E-state index < -0.39 is 0 Å². The van der Waals surface area contributed by atoms with Crippen LogP contribution in [0, 0.1) is 11.3 Å². The van der Waals surface area contributed by atoms with Crippen LogP contribution >= 0.6 is 0 Å². The molecule has 6 nitrogen and oxygen atoms in total. The zero-order chi connectivity index (χ0) is 16.2. The molecule has 2 aromatic carbocycles. The Bertz CT molecular complexity index is 891. The minimum absolute atomic E-state index is 0.134. The quantitative estimate of drug-likeness (QED) is 0.686. The van der Waals surface area contributed by atoms with Gasteiger partial charge in [-0.1, -0.05) is 12.1 Å². The number of amides is 1. The standard InChI is InChI=1S/C17H14N4O2/c18-9-12-3-6-14-15(7-12)21-16(20-14)8-17(23)19-10-11-1-4-13(22)5-2-11/h1-7,22H,8,10H2,(H,19,23)(H,20,21). The molecule has 0 saturated carbocycles. The number of rotatable bonds is 4. The summed E-state index contributed by atoms with van der Waals surface area (Å²) in [7, 11) is 0. The molecule has 3 rings (SSSR count). The summed E-state index contributed by atoms with van der Waals surface area (Å²) in [6, 6.07) is 13.9. The van der Waals surface area contributed by atoms with Crippen LogP contribution in [0.5, 0.6) is 5.75 Å². The molecule has 6 heteroatoms. The SMILES string of the molecule is N#Cc1ccc2nc(CC(=O)NCc3ccc(O)cc3)[nH]c2c1. The fourth-order valence-corrected chi connectivity index (χ4v) is 2.24. The Labute approximate surface area is 132 Å². The lowest BCUT2D eigenvalue weighted by atomic mass is 10.2. The molecule has 114 valence electrons. The smallest absolute Gasteiger partial charge is 0.227 e. The molecule has 0 bridgehead atoms. The molecule has 3 N–H and O–H groups in total. The molecule has 0 aliphatic carbocycles. The lowest BCUT2D eigenvalue weighted by molar-refractivity contribution is -0.120. The maximum Gasteiger partial charge on any atom is 0.227 e. The average Bonchev–Trinajstić information content (AvgIpc) is 2.95. The number of imidazole rings is 1. The van der Waals surface area contributed by atoms with Crippen LogP contribution in [0.2, 0.25) is 0 Å². The van der Waals surface area contributed by atoms with Crippen molar-refractivity contribution in [3.05, 3.63) is 59.4 Å². The van der Waals surface area contributed by atoms with Gasteiger partial charge in [0.05, 0.1) is 29.1 Å². The molecular weight excluding hydrogens is 292 g/mol. The first-order valence-electron chi connectivity index (χ1n) is 7.07. The number of hydrogen-bond donors (Lipinski definition) is 3. The third-order valence-electron chi connectivity index (χ3n) is 3.41. The lowest BCUT2D eigenvalue weighted by Crippen LogP contribution is -2.24. The van der Waals surface area contributed by atoms with Crippen LogP contribution < -0.4 is 5.32 Å². The highest BCUT2D eigenvalue weighted by Crippen LogP contribution is 2.14. The molecule has 0 atom stereocenters. The van der Waals surface area contributed by atoms with Crippen LogP contribution in [0.15, 0.2) is 42.5 Å². The van der Waals surface area contributed by atoms with Crippen molar-refractivity contribution in [1.29, 1.82) is 5.26 Å². The van der Waals surface area contributed by atoms with Gasteiger partial charge in [0.2, 0.25) is 5.91 Å². The van der Waals surface area contributed by atoms with Crippen molar-refractivity contribution >= 4 is 16.9 Å². The van der Waals surface area contributed by atoms with E-state index >= 15 is 0 Å². The monoisotopic (exact) mass is 306 g/mol. The van der Waals surface area contributed by atoms with Gasteiger partial charge >= 0.3 is 0 Å². The Morgan fingerprint density at radius 2 is 2.04 bits per heavy atom. The van der Waals surface area contributed by atoms with Crippen molar-refractivity contribution in [3.8, 4) is 11.8 Å². The number of carbonyl (C=O) groups is 1. The van der Waals surface area contributed by atoms with E-state index in [0.717, 1.165) is 16.6 Å². The summed E-state index contributed by atoms with van der Waals surface area (Å²) in [6.07, 6.45) is 0.134. The van der Waals surface area contributed by atoms with Gasteiger partial charge < -0.3 is 15.4 Å². The van der Waals surface area contributed by atoms with E-state index in [2.05, 4.69) is 21.4 Å². The molecule has 23 heavy (non-hydrogen) atoms. The number of nitrogens with zero attached hydrogens (tertiary/aromatic N) is 2. The minimum atomic E-state index is -0.155. The van der Waals surface area contributed by atoms with E-state index in [0.29, 0.717) is 17.9 Å². The van der Waals surface area contributed by atoms with Gasteiger partial charge in [-0.05, 0) is 35.9 Å². The van der Waals surface area contributed by atoms with Crippen LogP contribution in [-0.4, -0.2) is 21.0 Å². The summed E-state index contributed by atoms with van der Waals surface area (Å²) < 4.78 is 0. The average molecular weight is 306 g/mol. The maximum atomic E-state index is 12.0. The van der Waals surface area contributed by atoms with E-state index in [1.165, 1.54) is 0 Å². The van der Waals surface area contributed by atoms with Crippen molar-refractivity contribution < 1.29 is 9.90 Å². The number of benzene rings is 2. The molecule has 1 aromatic heterocycles. The van der Waals surface area contributed by atoms with Gasteiger partial charge in [-0.15, -0.1) is 0 Å². The summed E-state index contributed by atoms with van der Waals surface area (Å²) in [5.74, 6) is 0.593. The van der Waals surface area contributed by atoms with Gasteiger partial charge in [-0.3, -0.25) is 4.79 Å². The van der Waals surface area contributed by atoms with E-state index in [4.69, 9.17) is 5.26 Å². The van der Waals surface area contributed by atoms with Gasteiger partial charge in [-0.2, -0.15) is 5.26 Å². The number of phenolic OH excluding ortho intramolecular Hbond substituents is 1. The molecule has 0 spiro atoms. The first-order chi connectivity index (χ1) is 11.1. The number of phenols is 1. The number of aromatic hydroxyl groups is 1. The van der Waals surface area contributed by atoms with E-state index in [1.807, 2.05) is 0 Å². The number of carbonyl (C=O) groups excluding carboxylic acids is 1. The Morgan fingerprint density at radius 1 is 1.26 bits per heavy atom. The summed E-state index contributed by atoms with van der Waals surface area (Å²) in [4.78, 5) is 19.4. The summed E-state index contributed by atoms with van der Waals surface area (Å²) in [6.45, 7) is 0.387. The van der Waals surface area contributed by atoms with Crippen molar-refractivity contribution in [2.24, 2.45) is 0 Å². The van der Waals surface area contributed by atoms with Crippen molar-refractivity contribution in [1.82, 2.24) is 15.3 Å². The number of hydrogen-bond acceptors (Lipinski definition) is 4. The van der Waals surface area contributed by atoms with Gasteiger partial charge in [0.1, 0.15) is 11.6 Å². The molecule has 0 aliphatic heterocycles. The lowest BCUT2D eigenvalue weighted by Gasteiger charge is -2.04. The minimum Gasteiger partial charge on any atom is -0.508 e. The Balaban J connectivity index is 1.63. The molecule has 1 heterocycles. The molecule has 1 amide bonds. The molecule has 0 aliphatic rings. The van der Waals surface area contributed by atoms with Gasteiger partial charge in [0.15, 0.2) is 0 Å². The zero-order valence-electron chi connectivity index (χ0n) is 12.2. The van der Waals surface area contributed by atoms with Crippen LogP contribution in [-0.2, 0) is 17.8 Å². The van der Waals surface area contributed by atoms with Crippen LogP contribution in [0.1, 0.15) is 17.0 Å². The highest BCUT2D eigenvalue weighted by Gasteiger charge is 2.08. The number of fused-ring (bicyclic) bond motifs is 1. The second-order valence-electron chi connectivity index (χ2n) is 5.15. The highest BCUT2D eigenvalue weighted by atomic mass is 16.3. The third-order valence-corrected chi connectivity index (χ3v) is 3.41. The fraction of sp³-hybridized carbons (Fsp3) is 0.118. The molecule has 3 aromatic rings. The van der Waals surface area contributed by atoms with Gasteiger partial charge in [-0.25, -0.2) is 4.98 Å². The van der Waals surface area contributed by atoms with Crippen molar-refractivity contribution in [2.75, 3.05) is 0 Å². The Kier molecular flexibility index (Phi) is 3.93. The van der Waals surface area contributed by atoms with Crippen LogP contribution in [0.4, 0.5) is 0 Å². The largest absolute Gasteiger partial charge is 0.508 e. The number of aromatic nitrogens is 2. The predicted octanol–water partition coefficient (Wildman–Crippen LogP) is 2.00. The molecular formula is C17H14N4O2.